The van der Waals surface area contributed by atoms with Crippen molar-refractivity contribution in [2.45, 2.75) is 33.2 Å². The van der Waals surface area contributed by atoms with Crippen LogP contribution in [0.15, 0.2) is 18.2 Å². The van der Waals surface area contributed by atoms with Crippen molar-refractivity contribution >= 4 is 0 Å². The van der Waals surface area contributed by atoms with E-state index in [-0.39, 0.29) is 0 Å². The van der Waals surface area contributed by atoms with Crippen LogP contribution in [0.25, 0.3) is 0 Å². The van der Waals surface area contributed by atoms with Crippen molar-refractivity contribution in [3.63, 3.8) is 0 Å². The van der Waals surface area contributed by atoms with Crippen LogP contribution in [0.3, 0.4) is 0 Å². The lowest BCUT2D eigenvalue weighted by molar-refractivity contribution is 0.176. The fraction of sp³-hybridized carbons (Fsp3) is 0.647. The molecule has 0 aliphatic carbocycles. The van der Waals surface area contributed by atoms with E-state index in [0.29, 0.717) is 6.04 Å². The standard InChI is InChI=1S/C17H30N2O/c1-6-18-17(13-19(4)10-7-11-20-5)16-12-14(2)8-9-15(16)3/h8-9,12,17-18H,6-7,10-11,13H2,1-5H3. The molecule has 114 valence electrons. The number of aryl methyl sites for hydroxylation is 2. The first kappa shape index (κ1) is 17.2. The zero-order valence-corrected chi connectivity index (χ0v) is 13.7. The third kappa shape index (κ3) is 5.61. The van der Waals surface area contributed by atoms with Crippen molar-refractivity contribution in [3.8, 4) is 0 Å². The maximum absolute atomic E-state index is 5.12. The number of benzene rings is 1. The summed E-state index contributed by atoms with van der Waals surface area (Å²) < 4.78 is 5.12. The Morgan fingerprint density at radius 2 is 2.05 bits per heavy atom. The second kappa shape index (κ2) is 9.11. The fourth-order valence-electron chi connectivity index (χ4n) is 2.54. The lowest BCUT2D eigenvalue weighted by Crippen LogP contribution is -2.34. The topological polar surface area (TPSA) is 24.5 Å². The van der Waals surface area contributed by atoms with Crippen molar-refractivity contribution in [1.29, 1.82) is 0 Å². The van der Waals surface area contributed by atoms with Gasteiger partial charge < -0.3 is 15.0 Å². The minimum atomic E-state index is 0.396. The van der Waals surface area contributed by atoms with Crippen LogP contribution < -0.4 is 5.32 Å². The smallest absolute Gasteiger partial charge is 0.0474 e. The summed E-state index contributed by atoms with van der Waals surface area (Å²) in [7, 11) is 3.95. The number of hydrogen-bond acceptors (Lipinski definition) is 3. The van der Waals surface area contributed by atoms with Crippen LogP contribution in [0.5, 0.6) is 0 Å². The molecule has 0 aromatic heterocycles. The predicted molar refractivity (Wildman–Crippen MR) is 86.3 cm³/mol. The van der Waals surface area contributed by atoms with Gasteiger partial charge in [0.1, 0.15) is 0 Å². The fourth-order valence-corrected chi connectivity index (χ4v) is 2.54. The zero-order chi connectivity index (χ0) is 15.0. The highest BCUT2D eigenvalue weighted by Gasteiger charge is 2.15. The molecular formula is C17H30N2O. The van der Waals surface area contributed by atoms with Crippen molar-refractivity contribution < 1.29 is 4.74 Å². The third-order valence-corrected chi connectivity index (χ3v) is 3.64. The summed E-state index contributed by atoms with van der Waals surface area (Å²) in [4.78, 5) is 2.38. The van der Waals surface area contributed by atoms with Crippen LogP contribution >= 0.6 is 0 Å². The lowest BCUT2D eigenvalue weighted by atomic mass is 9.98. The molecule has 0 aliphatic rings. The highest BCUT2D eigenvalue weighted by atomic mass is 16.5. The highest BCUT2D eigenvalue weighted by molar-refractivity contribution is 5.33. The van der Waals surface area contributed by atoms with Gasteiger partial charge in [0.05, 0.1) is 0 Å². The molecule has 0 saturated heterocycles. The molecule has 1 rings (SSSR count). The molecule has 0 heterocycles. The molecule has 1 aromatic carbocycles. The third-order valence-electron chi connectivity index (χ3n) is 3.64. The number of methoxy groups -OCH3 is 1. The molecule has 1 atom stereocenters. The van der Waals surface area contributed by atoms with Crippen LogP contribution in [0.4, 0.5) is 0 Å². The van der Waals surface area contributed by atoms with Crippen molar-refractivity contribution in [1.82, 2.24) is 10.2 Å². The van der Waals surface area contributed by atoms with Gasteiger partial charge >= 0.3 is 0 Å². The number of rotatable bonds is 9. The average Bonchev–Trinajstić information content (AvgIpc) is 2.41. The first-order chi connectivity index (χ1) is 9.58. The number of hydrogen-bond donors (Lipinski definition) is 1. The number of likely N-dealkylation sites (N-methyl/N-ethyl adjacent to an activating group) is 2. The molecule has 0 spiro atoms. The summed E-state index contributed by atoms with van der Waals surface area (Å²) in [6.07, 6.45) is 1.08. The number of nitrogens with one attached hydrogen (secondary N) is 1. The monoisotopic (exact) mass is 278 g/mol. The predicted octanol–water partition coefficient (Wildman–Crippen LogP) is 2.92. The van der Waals surface area contributed by atoms with Gasteiger partial charge in [-0.1, -0.05) is 30.7 Å². The Hall–Kier alpha value is -0.900. The Balaban J connectivity index is 2.70. The van der Waals surface area contributed by atoms with Crippen LogP contribution in [0.1, 0.15) is 36.1 Å². The van der Waals surface area contributed by atoms with Gasteiger partial charge in [-0.15, -0.1) is 0 Å². The van der Waals surface area contributed by atoms with E-state index in [1.165, 1.54) is 16.7 Å². The summed E-state index contributed by atoms with van der Waals surface area (Å²) in [6.45, 7) is 10.5. The highest BCUT2D eigenvalue weighted by Crippen LogP contribution is 2.20. The van der Waals surface area contributed by atoms with Crippen molar-refractivity contribution in [2.24, 2.45) is 0 Å². The molecule has 0 radical (unpaired) electrons. The molecule has 1 unspecified atom stereocenters. The van der Waals surface area contributed by atoms with E-state index >= 15 is 0 Å². The molecule has 0 amide bonds. The Kier molecular flexibility index (Phi) is 7.82. The molecule has 1 N–H and O–H groups in total. The van der Waals surface area contributed by atoms with Crippen LogP contribution in [0.2, 0.25) is 0 Å². The molecule has 20 heavy (non-hydrogen) atoms. The number of nitrogens with zero attached hydrogens (tertiary/aromatic N) is 1. The summed E-state index contributed by atoms with van der Waals surface area (Å²) in [5.74, 6) is 0. The van der Waals surface area contributed by atoms with Gasteiger partial charge in [-0.3, -0.25) is 0 Å². The van der Waals surface area contributed by atoms with Gasteiger partial charge in [0, 0.05) is 32.8 Å². The van der Waals surface area contributed by atoms with Crippen LogP contribution in [-0.2, 0) is 4.74 Å². The molecule has 0 aliphatic heterocycles. The van der Waals surface area contributed by atoms with E-state index in [9.17, 15) is 0 Å². The normalized spacial score (nSPS) is 12.9. The summed E-state index contributed by atoms with van der Waals surface area (Å²) >= 11 is 0. The maximum atomic E-state index is 5.12. The molecular weight excluding hydrogens is 248 g/mol. The van der Waals surface area contributed by atoms with Gasteiger partial charge in [-0.05, 0) is 45.0 Å². The van der Waals surface area contributed by atoms with E-state index in [1.807, 2.05) is 0 Å². The Morgan fingerprint density at radius 1 is 1.30 bits per heavy atom. The second-order valence-corrected chi connectivity index (χ2v) is 5.58. The van der Waals surface area contributed by atoms with Gasteiger partial charge in [-0.25, -0.2) is 0 Å². The SMILES string of the molecule is CCNC(CN(C)CCCOC)c1cc(C)ccc1C. The van der Waals surface area contributed by atoms with Crippen LogP contribution in [-0.4, -0.2) is 45.3 Å². The Labute approximate surface area is 124 Å². The number of ether oxygens (including phenoxy) is 1. The summed E-state index contributed by atoms with van der Waals surface area (Å²) in [5, 5.41) is 3.62. The maximum Gasteiger partial charge on any atom is 0.0474 e. The van der Waals surface area contributed by atoms with Crippen molar-refractivity contribution in [2.75, 3.05) is 40.4 Å². The molecule has 3 nitrogen and oxygen atoms in total. The molecule has 0 saturated carbocycles. The zero-order valence-electron chi connectivity index (χ0n) is 13.7. The van der Waals surface area contributed by atoms with Gasteiger partial charge in [0.15, 0.2) is 0 Å². The Bertz CT molecular complexity index is 393. The summed E-state index contributed by atoms with van der Waals surface area (Å²) in [6, 6.07) is 7.11. The average molecular weight is 278 g/mol. The van der Waals surface area contributed by atoms with E-state index in [2.05, 4.69) is 56.2 Å². The van der Waals surface area contributed by atoms with Gasteiger partial charge in [0.2, 0.25) is 0 Å². The molecule has 0 bridgehead atoms. The van der Waals surface area contributed by atoms with E-state index in [1.54, 1.807) is 7.11 Å². The molecule has 0 fully saturated rings. The second-order valence-electron chi connectivity index (χ2n) is 5.58. The first-order valence-electron chi connectivity index (χ1n) is 7.56. The van der Waals surface area contributed by atoms with Gasteiger partial charge in [0.25, 0.3) is 0 Å². The van der Waals surface area contributed by atoms with E-state index < -0.39 is 0 Å². The lowest BCUT2D eigenvalue weighted by Gasteiger charge is -2.26. The minimum Gasteiger partial charge on any atom is -0.385 e. The van der Waals surface area contributed by atoms with E-state index in [0.717, 1.165) is 32.7 Å². The minimum absolute atomic E-state index is 0.396. The van der Waals surface area contributed by atoms with E-state index in [4.69, 9.17) is 4.74 Å². The largest absolute Gasteiger partial charge is 0.385 e. The Morgan fingerprint density at radius 3 is 2.70 bits per heavy atom. The first-order valence-corrected chi connectivity index (χ1v) is 7.56. The molecule has 1 aromatic rings. The van der Waals surface area contributed by atoms with Crippen LogP contribution in [0, 0.1) is 13.8 Å². The summed E-state index contributed by atoms with van der Waals surface area (Å²) in [5.41, 5.74) is 4.12. The quantitative estimate of drug-likeness (QED) is 0.703. The molecule has 3 heteroatoms. The van der Waals surface area contributed by atoms with Gasteiger partial charge in [-0.2, -0.15) is 0 Å². The van der Waals surface area contributed by atoms with Crippen molar-refractivity contribution in [3.05, 3.63) is 34.9 Å².